The molecular weight excluding hydrogens is 379 g/mol. The highest BCUT2D eigenvalue weighted by Crippen LogP contribution is 2.23. The number of aromatic nitrogens is 1. The summed E-state index contributed by atoms with van der Waals surface area (Å²) in [6.07, 6.45) is 1.65. The molecule has 1 N–H and O–H groups in total. The lowest BCUT2D eigenvalue weighted by Crippen LogP contribution is -2.51. The van der Waals surface area contributed by atoms with Crippen LogP contribution >= 0.6 is 11.3 Å². The van der Waals surface area contributed by atoms with E-state index < -0.39 is 0 Å². The highest BCUT2D eigenvalue weighted by atomic mass is 32.1. The SMILES string of the molecule is O=C(NCc1ccc(F)cc1)N1CCN(Cc2nc(-c3ccco3)cs2)CC1. The lowest BCUT2D eigenvalue weighted by molar-refractivity contribution is 0.135. The summed E-state index contributed by atoms with van der Waals surface area (Å²) >= 11 is 1.62. The Morgan fingerprint density at radius 3 is 2.68 bits per heavy atom. The molecule has 3 aromatic rings. The zero-order valence-electron chi connectivity index (χ0n) is 15.3. The van der Waals surface area contributed by atoms with Gasteiger partial charge in [-0.15, -0.1) is 11.3 Å². The molecule has 0 saturated carbocycles. The molecule has 0 bridgehead atoms. The van der Waals surface area contributed by atoms with Crippen LogP contribution in [0.2, 0.25) is 0 Å². The normalized spacial score (nSPS) is 15.0. The van der Waals surface area contributed by atoms with Crippen LogP contribution in [-0.4, -0.2) is 47.0 Å². The molecule has 4 rings (SSSR count). The molecular formula is C20H21FN4O2S. The van der Waals surface area contributed by atoms with Gasteiger partial charge < -0.3 is 14.6 Å². The van der Waals surface area contributed by atoms with Gasteiger partial charge in [-0.25, -0.2) is 14.2 Å². The maximum atomic E-state index is 12.9. The average Bonchev–Trinajstić information content (AvgIpc) is 3.40. The summed E-state index contributed by atoms with van der Waals surface area (Å²) in [6, 6.07) is 9.83. The highest BCUT2D eigenvalue weighted by molar-refractivity contribution is 7.09. The number of benzene rings is 1. The number of hydrogen-bond acceptors (Lipinski definition) is 5. The van der Waals surface area contributed by atoms with Gasteiger partial charge in [0.1, 0.15) is 16.5 Å². The molecule has 1 saturated heterocycles. The minimum absolute atomic E-state index is 0.0849. The first-order valence-corrected chi connectivity index (χ1v) is 10.0. The number of furan rings is 1. The number of thiazole rings is 1. The van der Waals surface area contributed by atoms with Gasteiger partial charge in [0.2, 0.25) is 0 Å². The third kappa shape index (κ3) is 4.58. The molecule has 0 radical (unpaired) electrons. The van der Waals surface area contributed by atoms with E-state index in [0.29, 0.717) is 19.6 Å². The van der Waals surface area contributed by atoms with Gasteiger partial charge in [-0.3, -0.25) is 4.90 Å². The van der Waals surface area contributed by atoms with Crippen molar-refractivity contribution >= 4 is 17.4 Å². The number of amides is 2. The van der Waals surface area contributed by atoms with Gasteiger partial charge in [-0.2, -0.15) is 0 Å². The standard InChI is InChI=1S/C20H21FN4O2S/c21-16-5-3-15(4-6-16)12-22-20(26)25-9-7-24(8-10-25)13-19-23-17(14-28-19)18-2-1-11-27-18/h1-6,11,14H,7-10,12-13H2,(H,22,26). The Bertz CT molecular complexity index is 903. The number of piperazine rings is 1. The summed E-state index contributed by atoms with van der Waals surface area (Å²) in [5, 5.41) is 5.95. The Hall–Kier alpha value is -2.71. The third-order valence-corrected chi connectivity index (χ3v) is 5.53. The highest BCUT2D eigenvalue weighted by Gasteiger charge is 2.21. The molecule has 2 aromatic heterocycles. The topological polar surface area (TPSA) is 61.6 Å². The first-order valence-electron chi connectivity index (χ1n) is 9.15. The van der Waals surface area contributed by atoms with Crippen molar-refractivity contribution in [1.82, 2.24) is 20.1 Å². The van der Waals surface area contributed by atoms with Gasteiger partial charge in [-0.05, 0) is 29.8 Å². The van der Waals surface area contributed by atoms with E-state index in [1.54, 1.807) is 29.7 Å². The molecule has 1 aliphatic rings. The number of nitrogens with zero attached hydrogens (tertiary/aromatic N) is 3. The first-order chi connectivity index (χ1) is 13.7. The van der Waals surface area contributed by atoms with E-state index >= 15 is 0 Å². The first kappa shape index (κ1) is 18.6. The van der Waals surface area contributed by atoms with E-state index in [1.165, 1.54) is 12.1 Å². The number of carbonyl (C=O) groups excluding carboxylic acids is 1. The Balaban J connectivity index is 1.23. The summed E-state index contributed by atoms with van der Waals surface area (Å²) < 4.78 is 18.3. The van der Waals surface area contributed by atoms with Crippen LogP contribution in [0.3, 0.4) is 0 Å². The predicted molar refractivity (Wildman–Crippen MR) is 105 cm³/mol. The van der Waals surface area contributed by atoms with Crippen molar-refractivity contribution in [3.05, 3.63) is 64.4 Å². The Morgan fingerprint density at radius 2 is 1.96 bits per heavy atom. The molecule has 8 heteroatoms. The lowest BCUT2D eigenvalue weighted by atomic mass is 10.2. The van der Waals surface area contributed by atoms with Gasteiger partial charge in [-0.1, -0.05) is 12.1 Å². The van der Waals surface area contributed by atoms with Crippen molar-refractivity contribution in [1.29, 1.82) is 0 Å². The Kier molecular flexibility index (Phi) is 5.68. The van der Waals surface area contributed by atoms with Crippen LogP contribution < -0.4 is 5.32 Å². The fraction of sp³-hybridized carbons (Fsp3) is 0.300. The molecule has 28 heavy (non-hydrogen) atoms. The van der Waals surface area contributed by atoms with E-state index in [0.717, 1.165) is 41.7 Å². The Morgan fingerprint density at radius 1 is 1.18 bits per heavy atom. The number of hydrogen-bond donors (Lipinski definition) is 1. The Labute approximate surface area is 166 Å². The molecule has 6 nitrogen and oxygen atoms in total. The number of rotatable bonds is 5. The van der Waals surface area contributed by atoms with Crippen molar-refractivity contribution < 1.29 is 13.6 Å². The zero-order valence-corrected chi connectivity index (χ0v) is 16.1. The van der Waals surface area contributed by atoms with Gasteiger partial charge in [0.15, 0.2) is 5.76 Å². The molecule has 3 heterocycles. The second-order valence-electron chi connectivity index (χ2n) is 6.65. The summed E-state index contributed by atoms with van der Waals surface area (Å²) in [4.78, 5) is 21.1. The molecule has 0 atom stereocenters. The van der Waals surface area contributed by atoms with Crippen LogP contribution in [0.4, 0.5) is 9.18 Å². The van der Waals surface area contributed by atoms with Crippen molar-refractivity contribution in [2.45, 2.75) is 13.1 Å². The molecule has 1 aliphatic heterocycles. The number of halogens is 1. The van der Waals surface area contributed by atoms with E-state index in [2.05, 4.69) is 15.2 Å². The van der Waals surface area contributed by atoms with Crippen molar-refractivity contribution in [3.63, 3.8) is 0 Å². The molecule has 1 aromatic carbocycles. The zero-order chi connectivity index (χ0) is 19.3. The molecule has 2 amide bonds. The molecule has 0 spiro atoms. The summed E-state index contributed by atoms with van der Waals surface area (Å²) in [5.41, 5.74) is 1.74. The minimum atomic E-state index is -0.275. The fourth-order valence-corrected chi connectivity index (χ4v) is 3.94. The smallest absolute Gasteiger partial charge is 0.317 e. The van der Waals surface area contributed by atoms with Gasteiger partial charge in [0.25, 0.3) is 0 Å². The number of carbonyl (C=O) groups is 1. The van der Waals surface area contributed by atoms with Crippen LogP contribution in [-0.2, 0) is 13.1 Å². The van der Waals surface area contributed by atoms with E-state index in [4.69, 9.17) is 4.42 Å². The quantitative estimate of drug-likeness (QED) is 0.711. The molecule has 0 aliphatic carbocycles. The summed E-state index contributed by atoms with van der Waals surface area (Å²) in [6.45, 7) is 4.13. The monoisotopic (exact) mass is 400 g/mol. The predicted octanol–water partition coefficient (Wildman–Crippen LogP) is 3.57. The van der Waals surface area contributed by atoms with Gasteiger partial charge in [0, 0.05) is 38.1 Å². The average molecular weight is 400 g/mol. The van der Waals surface area contributed by atoms with Crippen LogP contribution in [0.1, 0.15) is 10.6 Å². The molecule has 146 valence electrons. The molecule has 1 fully saturated rings. The van der Waals surface area contributed by atoms with Crippen LogP contribution in [0.25, 0.3) is 11.5 Å². The van der Waals surface area contributed by atoms with Crippen LogP contribution in [0, 0.1) is 5.82 Å². The second kappa shape index (κ2) is 8.53. The van der Waals surface area contributed by atoms with Crippen molar-refractivity contribution in [2.75, 3.05) is 26.2 Å². The number of urea groups is 1. The third-order valence-electron chi connectivity index (χ3n) is 4.70. The second-order valence-corrected chi connectivity index (χ2v) is 7.59. The fourth-order valence-electron chi connectivity index (χ4n) is 3.11. The maximum Gasteiger partial charge on any atom is 0.317 e. The van der Waals surface area contributed by atoms with Crippen molar-refractivity contribution in [3.8, 4) is 11.5 Å². The van der Waals surface area contributed by atoms with E-state index in [-0.39, 0.29) is 11.8 Å². The van der Waals surface area contributed by atoms with Gasteiger partial charge in [0.05, 0.1) is 12.8 Å². The van der Waals surface area contributed by atoms with Crippen LogP contribution in [0.15, 0.2) is 52.5 Å². The summed E-state index contributed by atoms with van der Waals surface area (Å²) in [5.74, 6) is 0.507. The van der Waals surface area contributed by atoms with E-state index in [1.807, 2.05) is 22.4 Å². The van der Waals surface area contributed by atoms with Crippen LogP contribution in [0.5, 0.6) is 0 Å². The maximum absolute atomic E-state index is 12.9. The van der Waals surface area contributed by atoms with Crippen molar-refractivity contribution in [2.24, 2.45) is 0 Å². The van der Waals surface area contributed by atoms with Gasteiger partial charge >= 0.3 is 6.03 Å². The molecule has 0 unspecified atom stereocenters. The minimum Gasteiger partial charge on any atom is -0.463 e. The summed E-state index contributed by atoms with van der Waals surface area (Å²) in [7, 11) is 0. The largest absolute Gasteiger partial charge is 0.463 e. The number of nitrogens with one attached hydrogen (secondary N) is 1. The lowest BCUT2D eigenvalue weighted by Gasteiger charge is -2.34. The van der Waals surface area contributed by atoms with E-state index in [9.17, 15) is 9.18 Å².